The van der Waals surface area contributed by atoms with Crippen LogP contribution in [-0.2, 0) is 19.1 Å². The smallest absolute Gasteiger partial charge is 0.328 e. The Morgan fingerprint density at radius 1 is 1.37 bits per heavy atom. The summed E-state index contributed by atoms with van der Waals surface area (Å²) in [6, 6.07) is 0. The summed E-state index contributed by atoms with van der Waals surface area (Å²) in [5.41, 5.74) is 1.72. The lowest BCUT2D eigenvalue weighted by Crippen LogP contribution is -2.47. The van der Waals surface area contributed by atoms with E-state index in [1.165, 1.54) is 18.2 Å². The summed E-state index contributed by atoms with van der Waals surface area (Å²) in [6.45, 7) is 11.6. The fourth-order valence-electron chi connectivity index (χ4n) is 4.34. The maximum absolute atomic E-state index is 12.6. The topological polar surface area (TPSA) is 101 Å². The third-order valence-corrected chi connectivity index (χ3v) is 6.69. The zero-order chi connectivity index (χ0) is 22.6. The van der Waals surface area contributed by atoms with Crippen LogP contribution in [0, 0.1) is 23.2 Å². The zero-order valence-corrected chi connectivity index (χ0v) is 18.1. The number of hydrogen-bond acceptors (Lipinski definition) is 5. The van der Waals surface area contributed by atoms with Gasteiger partial charge < -0.3 is 14.9 Å². The summed E-state index contributed by atoms with van der Waals surface area (Å²) in [6.07, 6.45) is 7.36. The van der Waals surface area contributed by atoms with Crippen LogP contribution in [0.3, 0.4) is 0 Å². The molecule has 0 bridgehead atoms. The highest BCUT2D eigenvalue weighted by molar-refractivity contribution is 5.95. The standard InChI is InChI=1S/C24H32O6/c1-14(2)18-13-24(5)16(4)21(11-10-17(24)12-20(18)26)30-23(29)15(3)19(25)8-6-7-9-22(27)28/h6-9,12,15-16,18-19,21,25H,1,10-11,13H2,2-5H3,(H,27,28)/b8-6+,9-7+/t15-,16-,18-,19-,21+,24+/m0/s1. The van der Waals surface area contributed by atoms with Crippen LogP contribution in [0.25, 0.3) is 0 Å². The van der Waals surface area contributed by atoms with Crippen molar-refractivity contribution in [3.05, 3.63) is 48.1 Å². The predicted molar refractivity (Wildman–Crippen MR) is 113 cm³/mol. The minimum Gasteiger partial charge on any atom is -0.478 e. The fraction of sp³-hybridized carbons (Fsp3) is 0.542. The molecule has 0 spiro atoms. The largest absolute Gasteiger partial charge is 0.478 e. The van der Waals surface area contributed by atoms with E-state index in [1.54, 1.807) is 13.0 Å². The van der Waals surface area contributed by atoms with Gasteiger partial charge in [-0.1, -0.05) is 49.8 Å². The van der Waals surface area contributed by atoms with Gasteiger partial charge in [0.2, 0.25) is 0 Å². The van der Waals surface area contributed by atoms with Crippen LogP contribution in [0.15, 0.2) is 48.1 Å². The Bertz CT molecular complexity index is 805. The van der Waals surface area contributed by atoms with Crippen molar-refractivity contribution in [3.63, 3.8) is 0 Å². The van der Waals surface area contributed by atoms with Gasteiger partial charge in [0.15, 0.2) is 5.78 Å². The Morgan fingerprint density at radius 3 is 2.63 bits per heavy atom. The van der Waals surface area contributed by atoms with Crippen molar-refractivity contribution in [2.75, 3.05) is 0 Å². The van der Waals surface area contributed by atoms with Crippen LogP contribution in [0.1, 0.15) is 47.0 Å². The Morgan fingerprint density at radius 2 is 2.03 bits per heavy atom. The molecule has 6 atom stereocenters. The summed E-state index contributed by atoms with van der Waals surface area (Å²) in [7, 11) is 0. The molecule has 1 fully saturated rings. The van der Waals surface area contributed by atoms with Crippen LogP contribution in [0.2, 0.25) is 0 Å². The second kappa shape index (κ2) is 9.56. The number of allylic oxidation sites excluding steroid dienone is 5. The number of carbonyl (C=O) groups excluding carboxylic acids is 2. The van der Waals surface area contributed by atoms with Gasteiger partial charge in [-0.2, -0.15) is 0 Å². The molecule has 2 rings (SSSR count). The van der Waals surface area contributed by atoms with E-state index in [1.807, 2.05) is 13.8 Å². The van der Waals surface area contributed by atoms with E-state index in [9.17, 15) is 19.5 Å². The van der Waals surface area contributed by atoms with Crippen molar-refractivity contribution >= 4 is 17.7 Å². The maximum Gasteiger partial charge on any atom is 0.328 e. The van der Waals surface area contributed by atoms with Gasteiger partial charge in [-0.3, -0.25) is 9.59 Å². The van der Waals surface area contributed by atoms with Gasteiger partial charge in [0.25, 0.3) is 0 Å². The quantitative estimate of drug-likeness (QED) is 0.284. The molecule has 0 saturated heterocycles. The normalized spacial score (nSPS) is 31.2. The maximum atomic E-state index is 12.6. The second-order valence-electron chi connectivity index (χ2n) is 8.76. The molecule has 164 valence electrons. The Labute approximate surface area is 178 Å². The summed E-state index contributed by atoms with van der Waals surface area (Å²) in [4.78, 5) is 35.5. The lowest BCUT2D eigenvalue weighted by molar-refractivity contribution is -0.163. The molecule has 0 unspecified atom stereocenters. The highest BCUT2D eigenvalue weighted by Gasteiger charge is 2.49. The van der Waals surface area contributed by atoms with Crippen molar-refractivity contribution in [1.82, 2.24) is 0 Å². The van der Waals surface area contributed by atoms with E-state index in [0.717, 1.165) is 17.2 Å². The number of aliphatic hydroxyl groups is 1. The highest BCUT2D eigenvalue weighted by Crippen LogP contribution is 2.53. The highest BCUT2D eigenvalue weighted by atomic mass is 16.5. The van der Waals surface area contributed by atoms with Gasteiger partial charge in [0, 0.05) is 17.9 Å². The van der Waals surface area contributed by atoms with Gasteiger partial charge in [-0.05, 0) is 44.6 Å². The summed E-state index contributed by atoms with van der Waals surface area (Å²) in [5, 5.41) is 18.7. The molecule has 6 nitrogen and oxygen atoms in total. The minimum absolute atomic E-state index is 0.0229. The van der Waals surface area contributed by atoms with E-state index in [-0.39, 0.29) is 29.1 Å². The first-order chi connectivity index (χ1) is 14.0. The average Bonchev–Trinajstić information content (AvgIpc) is 2.67. The van der Waals surface area contributed by atoms with E-state index in [0.29, 0.717) is 19.3 Å². The number of aliphatic carboxylic acids is 1. The van der Waals surface area contributed by atoms with E-state index in [4.69, 9.17) is 9.84 Å². The number of esters is 1. The Balaban J connectivity index is 2.06. The number of carboxylic acids is 1. The number of aliphatic hydroxyl groups excluding tert-OH is 1. The van der Waals surface area contributed by atoms with E-state index in [2.05, 4.69) is 13.5 Å². The number of carboxylic acid groups (broad SMARTS) is 1. The molecule has 0 aromatic rings. The first kappa shape index (κ1) is 23.8. The van der Waals surface area contributed by atoms with Gasteiger partial charge in [0.05, 0.1) is 12.0 Å². The third kappa shape index (κ3) is 5.17. The third-order valence-electron chi connectivity index (χ3n) is 6.69. The van der Waals surface area contributed by atoms with Gasteiger partial charge >= 0.3 is 11.9 Å². The number of ether oxygens (including phenoxy) is 1. The van der Waals surface area contributed by atoms with Gasteiger partial charge in [0.1, 0.15) is 6.10 Å². The summed E-state index contributed by atoms with van der Waals surface area (Å²) >= 11 is 0. The van der Waals surface area contributed by atoms with Crippen molar-refractivity contribution in [2.45, 2.75) is 59.2 Å². The van der Waals surface area contributed by atoms with Gasteiger partial charge in [-0.15, -0.1) is 0 Å². The number of carbonyl (C=O) groups is 3. The predicted octanol–water partition coefficient (Wildman–Crippen LogP) is 3.62. The second-order valence-corrected chi connectivity index (χ2v) is 8.76. The molecule has 2 N–H and O–H groups in total. The number of rotatable bonds is 7. The van der Waals surface area contributed by atoms with Crippen molar-refractivity contribution in [3.8, 4) is 0 Å². The Hall–Kier alpha value is -2.47. The number of hydrogen-bond donors (Lipinski definition) is 2. The minimum atomic E-state index is -1.09. The molecule has 0 amide bonds. The summed E-state index contributed by atoms with van der Waals surface area (Å²) in [5.74, 6) is -2.44. The van der Waals surface area contributed by atoms with E-state index < -0.39 is 24.0 Å². The molecule has 6 heteroatoms. The lowest BCUT2D eigenvalue weighted by atomic mass is 9.57. The molecule has 1 saturated carbocycles. The molecule has 2 aliphatic carbocycles. The first-order valence-corrected chi connectivity index (χ1v) is 10.3. The zero-order valence-electron chi connectivity index (χ0n) is 18.1. The Kier molecular flexibility index (Phi) is 7.59. The van der Waals surface area contributed by atoms with Crippen LogP contribution >= 0.6 is 0 Å². The molecular formula is C24H32O6. The molecule has 30 heavy (non-hydrogen) atoms. The first-order valence-electron chi connectivity index (χ1n) is 10.3. The van der Waals surface area contributed by atoms with Crippen LogP contribution in [-0.4, -0.2) is 40.1 Å². The fourth-order valence-corrected chi connectivity index (χ4v) is 4.34. The number of ketones is 1. The lowest BCUT2D eigenvalue weighted by Gasteiger charge is -2.49. The van der Waals surface area contributed by atoms with Crippen molar-refractivity contribution in [2.24, 2.45) is 23.2 Å². The van der Waals surface area contributed by atoms with E-state index >= 15 is 0 Å². The van der Waals surface area contributed by atoms with Crippen molar-refractivity contribution < 1.29 is 29.3 Å². The van der Waals surface area contributed by atoms with Gasteiger partial charge in [-0.25, -0.2) is 4.79 Å². The molecule has 0 aromatic carbocycles. The molecule has 2 aliphatic rings. The monoisotopic (exact) mass is 416 g/mol. The van der Waals surface area contributed by atoms with Crippen LogP contribution < -0.4 is 0 Å². The average molecular weight is 417 g/mol. The molecule has 0 heterocycles. The summed E-state index contributed by atoms with van der Waals surface area (Å²) < 4.78 is 5.79. The van der Waals surface area contributed by atoms with Crippen LogP contribution in [0.4, 0.5) is 0 Å². The SMILES string of the molecule is C=C(C)[C@@H]1C[C@@]2(C)C(=CC1=O)CC[C@@H](OC(=O)[C@@H](C)[C@@H](O)/C=C/C=C/C(=O)O)[C@@H]2C. The van der Waals surface area contributed by atoms with Crippen molar-refractivity contribution in [1.29, 1.82) is 0 Å². The number of fused-ring (bicyclic) bond motifs is 1. The molecular weight excluding hydrogens is 384 g/mol. The molecule has 0 aliphatic heterocycles. The molecule has 0 aromatic heterocycles. The molecule has 0 radical (unpaired) electrons. The van der Waals surface area contributed by atoms with Crippen LogP contribution in [0.5, 0.6) is 0 Å².